The minimum Gasteiger partial charge on any atom is -0.494 e. The fourth-order valence-electron chi connectivity index (χ4n) is 2.45. The van der Waals surface area contributed by atoms with Gasteiger partial charge in [-0.1, -0.05) is 30.8 Å². The Morgan fingerprint density at radius 1 is 1.12 bits per heavy atom. The maximum Gasteiger partial charge on any atom is 0.330 e. The van der Waals surface area contributed by atoms with Crippen LogP contribution in [0.2, 0.25) is 0 Å². The summed E-state index contributed by atoms with van der Waals surface area (Å²) >= 11 is 0. The second kappa shape index (κ2) is 10.3. The van der Waals surface area contributed by atoms with Crippen molar-refractivity contribution in [2.24, 2.45) is 0 Å². The Labute approximate surface area is 153 Å². The van der Waals surface area contributed by atoms with Gasteiger partial charge in [0.05, 0.1) is 6.61 Å². The molecule has 0 heterocycles. The molecule has 0 saturated heterocycles. The lowest BCUT2D eigenvalue weighted by molar-refractivity contribution is -0.138. The second-order valence-electron chi connectivity index (χ2n) is 5.48. The van der Waals surface area contributed by atoms with Gasteiger partial charge in [-0.3, -0.25) is 0 Å². The van der Waals surface area contributed by atoms with Crippen molar-refractivity contribution in [2.45, 2.75) is 13.3 Å². The van der Waals surface area contributed by atoms with Gasteiger partial charge in [0, 0.05) is 24.3 Å². The second-order valence-corrected chi connectivity index (χ2v) is 5.48. The zero-order chi connectivity index (χ0) is 18.8. The summed E-state index contributed by atoms with van der Waals surface area (Å²) in [4.78, 5) is 11.1. The molecule has 1 N–H and O–H groups in total. The first-order chi connectivity index (χ1) is 12.7. The van der Waals surface area contributed by atoms with E-state index in [1.807, 2.05) is 49.4 Å². The van der Waals surface area contributed by atoms with E-state index in [1.54, 1.807) is 0 Å². The summed E-state index contributed by atoms with van der Waals surface area (Å²) in [6.45, 7) is 6.33. The van der Waals surface area contributed by atoms with Crippen LogP contribution in [0.3, 0.4) is 0 Å². The molecule has 2 rings (SSSR count). The van der Waals surface area contributed by atoms with Crippen molar-refractivity contribution in [3.8, 4) is 22.6 Å². The first-order valence-electron chi connectivity index (χ1n) is 8.57. The molecule has 0 aromatic heterocycles. The van der Waals surface area contributed by atoms with Gasteiger partial charge in [-0.15, -0.1) is 0 Å². The number of carbonyl (C=O) groups is 1. The normalized spacial score (nSPS) is 10.2. The zero-order valence-electron chi connectivity index (χ0n) is 14.9. The molecule has 0 saturated carbocycles. The van der Waals surface area contributed by atoms with E-state index in [0.717, 1.165) is 22.8 Å². The van der Waals surface area contributed by atoms with Crippen LogP contribution < -0.4 is 9.47 Å². The maximum atomic E-state index is 11.1. The van der Waals surface area contributed by atoms with E-state index in [1.165, 1.54) is 0 Å². The number of aliphatic hydroxyl groups excluding tert-OH is 1. The molecule has 0 fully saturated rings. The average Bonchev–Trinajstić information content (AvgIpc) is 2.66. The molecule has 0 atom stereocenters. The quantitative estimate of drug-likeness (QED) is 0.402. The van der Waals surface area contributed by atoms with Crippen LogP contribution in [0.4, 0.5) is 0 Å². The molecule has 0 unspecified atom stereocenters. The molecule has 26 heavy (non-hydrogen) atoms. The van der Waals surface area contributed by atoms with Crippen LogP contribution in [0.25, 0.3) is 11.1 Å². The molecule has 0 spiro atoms. The molecule has 2 aromatic rings. The highest BCUT2D eigenvalue weighted by molar-refractivity contribution is 5.81. The maximum absolute atomic E-state index is 11.1. The third kappa shape index (κ3) is 5.63. The van der Waals surface area contributed by atoms with Crippen LogP contribution in [0.5, 0.6) is 11.5 Å². The third-order valence-corrected chi connectivity index (χ3v) is 3.68. The highest BCUT2D eigenvalue weighted by Crippen LogP contribution is 2.33. The van der Waals surface area contributed by atoms with E-state index in [9.17, 15) is 4.79 Å². The molecule has 5 heteroatoms. The number of ether oxygens (including phenoxy) is 3. The fourth-order valence-corrected chi connectivity index (χ4v) is 2.45. The lowest BCUT2D eigenvalue weighted by Gasteiger charge is -2.14. The van der Waals surface area contributed by atoms with E-state index >= 15 is 0 Å². The molecule has 0 aliphatic rings. The first-order valence-corrected chi connectivity index (χ1v) is 8.57. The smallest absolute Gasteiger partial charge is 0.330 e. The Balaban J connectivity index is 2.17. The summed E-state index contributed by atoms with van der Waals surface area (Å²) in [6, 6.07) is 13.6. The Morgan fingerprint density at radius 2 is 1.88 bits per heavy atom. The minimum atomic E-state index is -0.476. The van der Waals surface area contributed by atoms with Crippen LogP contribution in [0.15, 0.2) is 55.1 Å². The molecule has 0 amide bonds. The monoisotopic (exact) mass is 356 g/mol. The summed E-state index contributed by atoms with van der Waals surface area (Å²) in [6.07, 6.45) is 1.75. The Morgan fingerprint density at radius 3 is 2.54 bits per heavy atom. The Hall–Kier alpha value is -2.79. The van der Waals surface area contributed by atoms with Crippen LogP contribution in [0.1, 0.15) is 12.5 Å². The number of aliphatic hydroxyl groups is 1. The van der Waals surface area contributed by atoms with Crippen LogP contribution in [0, 0.1) is 0 Å². The van der Waals surface area contributed by atoms with Crippen LogP contribution in [-0.4, -0.2) is 37.5 Å². The Bertz CT molecular complexity index is 722. The summed E-state index contributed by atoms with van der Waals surface area (Å²) in [7, 11) is 0. The number of carbonyl (C=O) groups excluding carboxylic acids is 1. The molecule has 0 radical (unpaired) electrons. The van der Waals surface area contributed by atoms with E-state index in [2.05, 4.69) is 6.58 Å². The minimum absolute atomic E-state index is 0.125. The predicted octanol–water partition coefficient (Wildman–Crippen LogP) is 3.40. The van der Waals surface area contributed by atoms with Gasteiger partial charge in [0.2, 0.25) is 0 Å². The SMILES string of the molecule is C=CC(=O)OCCOc1cc(OCC)ccc1-c1ccc(CCO)cc1. The largest absolute Gasteiger partial charge is 0.494 e. The lowest BCUT2D eigenvalue weighted by Crippen LogP contribution is -2.10. The molecule has 5 nitrogen and oxygen atoms in total. The van der Waals surface area contributed by atoms with Gasteiger partial charge in [-0.25, -0.2) is 4.79 Å². The van der Waals surface area contributed by atoms with Gasteiger partial charge >= 0.3 is 5.97 Å². The predicted molar refractivity (Wildman–Crippen MR) is 100 cm³/mol. The molecule has 0 aliphatic carbocycles. The van der Waals surface area contributed by atoms with E-state index in [4.69, 9.17) is 19.3 Å². The van der Waals surface area contributed by atoms with Crippen molar-refractivity contribution in [3.05, 3.63) is 60.7 Å². The zero-order valence-corrected chi connectivity index (χ0v) is 14.9. The van der Waals surface area contributed by atoms with E-state index in [0.29, 0.717) is 24.5 Å². The summed E-state index contributed by atoms with van der Waals surface area (Å²) < 4.78 is 16.3. The summed E-state index contributed by atoms with van der Waals surface area (Å²) in [5, 5.41) is 9.03. The fraction of sp³-hybridized carbons (Fsp3) is 0.286. The molecule has 0 aliphatic heterocycles. The van der Waals surface area contributed by atoms with Crippen LogP contribution in [-0.2, 0) is 16.0 Å². The summed E-state index contributed by atoms with van der Waals surface area (Å²) in [5.41, 5.74) is 2.98. The third-order valence-electron chi connectivity index (χ3n) is 3.68. The van der Waals surface area contributed by atoms with Gasteiger partial charge in [-0.05, 0) is 36.6 Å². The van der Waals surface area contributed by atoms with Crippen molar-refractivity contribution in [2.75, 3.05) is 26.4 Å². The van der Waals surface area contributed by atoms with Crippen molar-refractivity contribution in [3.63, 3.8) is 0 Å². The van der Waals surface area contributed by atoms with Crippen molar-refractivity contribution in [1.29, 1.82) is 0 Å². The van der Waals surface area contributed by atoms with Crippen molar-refractivity contribution >= 4 is 5.97 Å². The van der Waals surface area contributed by atoms with Gasteiger partial charge in [0.15, 0.2) is 0 Å². The highest BCUT2D eigenvalue weighted by Gasteiger charge is 2.09. The van der Waals surface area contributed by atoms with Crippen LogP contribution >= 0.6 is 0 Å². The van der Waals surface area contributed by atoms with E-state index < -0.39 is 5.97 Å². The lowest BCUT2D eigenvalue weighted by atomic mass is 10.0. The Kier molecular flexibility index (Phi) is 7.71. The topological polar surface area (TPSA) is 65.0 Å². The van der Waals surface area contributed by atoms with Gasteiger partial charge in [-0.2, -0.15) is 0 Å². The number of hydrogen-bond acceptors (Lipinski definition) is 5. The van der Waals surface area contributed by atoms with E-state index in [-0.39, 0.29) is 19.8 Å². The summed E-state index contributed by atoms with van der Waals surface area (Å²) in [5.74, 6) is 0.892. The number of hydrogen-bond donors (Lipinski definition) is 1. The van der Waals surface area contributed by atoms with Gasteiger partial charge < -0.3 is 19.3 Å². The molecule has 0 bridgehead atoms. The van der Waals surface area contributed by atoms with Gasteiger partial charge in [0.1, 0.15) is 24.7 Å². The number of rotatable bonds is 10. The molecule has 138 valence electrons. The average molecular weight is 356 g/mol. The molecular weight excluding hydrogens is 332 g/mol. The standard InChI is InChI=1S/C21H24O5/c1-3-21(23)26-14-13-25-20-15-18(24-4-2)9-10-19(20)17-7-5-16(6-8-17)11-12-22/h3,5-10,15,22H,1,4,11-14H2,2H3. The molecular formula is C21H24O5. The van der Waals surface area contributed by atoms with Crippen molar-refractivity contribution in [1.82, 2.24) is 0 Å². The molecule has 2 aromatic carbocycles. The highest BCUT2D eigenvalue weighted by atomic mass is 16.6. The number of benzene rings is 2. The van der Waals surface area contributed by atoms with Crippen molar-refractivity contribution < 1.29 is 24.1 Å². The number of esters is 1. The van der Waals surface area contributed by atoms with Gasteiger partial charge in [0.25, 0.3) is 0 Å². The first kappa shape index (κ1) is 19.5.